The van der Waals surface area contributed by atoms with Crippen LogP contribution in [-0.2, 0) is 9.53 Å². The zero-order chi connectivity index (χ0) is 7.28. The Morgan fingerprint density at radius 1 is 1.78 bits per heavy atom. The molecule has 0 radical (unpaired) electrons. The summed E-state index contributed by atoms with van der Waals surface area (Å²) in [6, 6.07) is 0. The average molecular weight is 148 g/mol. The molecule has 1 unspecified atom stereocenters. The van der Waals surface area contributed by atoms with Crippen LogP contribution in [-0.4, -0.2) is 17.8 Å². The molecule has 0 aliphatic heterocycles. The third-order valence-electron chi connectivity index (χ3n) is 0.774. The normalized spacial score (nSPS) is 12.8. The summed E-state index contributed by atoms with van der Waals surface area (Å²) < 4.78 is 4.74. The second kappa shape index (κ2) is 4.68. The largest absolute Gasteiger partial charge is 0.465 e. The van der Waals surface area contributed by atoms with Crippen LogP contribution in [0.1, 0.15) is 20.3 Å². The monoisotopic (exact) mass is 148 g/mol. The summed E-state index contributed by atoms with van der Waals surface area (Å²) in [6.07, 6.45) is 0.445. The van der Waals surface area contributed by atoms with E-state index in [9.17, 15) is 4.79 Å². The quantitative estimate of drug-likeness (QED) is 0.481. The summed E-state index contributed by atoms with van der Waals surface area (Å²) in [4.78, 5) is 10.5. The molecule has 1 atom stereocenters. The maximum absolute atomic E-state index is 10.5. The molecular formula is C6H12O2S. The summed E-state index contributed by atoms with van der Waals surface area (Å²) in [5.41, 5.74) is 0. The van der Waals surface area contributed by atoms with E-state index in [1.165, 1.54) is 0 Å². The number of ether oxygens (including phenoxy) is 1. The lowest BCUT2D eigenvalue weighted by molar-refractivity contribution is -0.143. The van der Waals surface area contributed by atoms with E-state index in [1.54, 1.807) is 6.92 Å². The molecule has 0 heterocycles. The van der Waals surface area contributed by atoms with Crippen LogP contribution >= 0.6 is 12.6 Å². The molecule has 0 saturated heterocycles. The minimum absolute atomic E-state index is 0.139. The fraction of sp³-hybridized carbons (Fsp3) is 0.833. The van der Waals surface area contributed by atoms with Gasteiger partial charge in [0, 0.05) is 11.7 Å². The third-order valence-corrected chi connectivity index (χ3v) is 0.923. The predicted molar refractivity (Wildman–Crippen MR) is 39.7 cm³/mol. The lowest BCUT2D eigenvalue weighted by Gasteiger charge is -2.03. The molecular weight excluding hydrogens is 136 g/mol. The van der Waals surface area contributed by atoms with Crippen molar-refractivity contribution >= 4 is 18.6 Å². The van der Waals surface area contributed by atoms with Gasteiger partial charge in [0.2, 0.25) is 0 Å². The molecule has 54 valence electrons. The second-order valence-electron chi connectivity index (χ2n) is 1.89. The summed E-state index contributed by atoms with van der Waals surface area (Å²) in [5, 5.41) is 0.139. The third kappa shape index (κ3) is 5.69. The zero-order valence-electron chi connectivity index (χ0n) is 5.76. The topological polar surface area (TPSA) is 26.3 Å². The van der Waals surface area contributed by atoms with E-state index in [4.69, 9.17) is 4.74 Å². The van der Waals surface area contributed by atoms with Crippen LogP contribution < -0.4 is 0 Å². The van der Waals surface area contributed by atoms with Crippen molar-refractivity contribution in [1.29, 1.82) is 0 Å². The number of esters is 1. The van der Waals surface area contributed by atoms with Crippen molar-refractivity contribution in [2.75, 3.05) is 6.61 Å². The molecule has 0 aromatic heterocycles. The standard InChI is InChI=1S/C6H12O2S/c1-3-6(7)8-4-5(2)9/h5,9H,3-4H2,1-2H3. The number of hydrogen-bond acceptors (Lipinski definition) is 3. The lowest BCUT2D eigenvalue weighted by atomic mass is 10.5. The number of hydrogen-bond donors (Lipinski definition) is 1. The Kier molecular flexibility index (Phi) is 4.58. The summed E-state index contributed by atoms with van der Waals surface area (Å²) in [6.45, 7) is 4.06. The maximum Gasteiger partial charge on any atom is 0.305 e. The molecule has 0 aliphatic carbocycles. The number of rotatable bonds is 3. The van der Waals surface area contributed by atoms with Crippen LogP contribution in [0.4, 0.5) is 0 Å². The van der Waals surface area contributed by atoms with Crippen molar-refractivity contribution < 1.29 is 9.53 Å². The maximum atomic E-state index is 10.5. The average Bonchev–Trinajstić information content (AvgIpc) is 1.83. The van der Waals surface area contributed by atoms with E-state index in [0.717, 1.165) is 0 Å². The molecule has 3 heteroatoms. The van der Waals surface area contributed by atoms with Crippen molar-refractivity contribution in [1.82, 2.24) is 0 Å². The van der Waals surface area contributed by atoms with Crippen LogP contribution in [0.5, 0.6) is 0 Å². The number of carbonyl (C=O) groups is 1. The molecule has 0 spiro atoms. The van der Waals surface area contributed by atoms with E-state index in [0.29, 0.717) is 13.0 Å². The smallest absolute Gasteiger partial charge is 0.305 e. The van der Waals surface area contributed by atoms with Gasteiger partial charge in [-0.25, -0.2) is 0 Å². The van der Waals surface area contributed by atoms with E-state index in [-0.39, 0.29) is 11.2 Å². The molecule has 2 nitrogen and oxygen atoms in total. The first-order valence-electron chi connectivity index (χ1n) is 3.00. The number of carbonyl (C=O) groups excluding carboxylic acids is 1. The molecule has 0 fully saturated rings. The van der Waals surface area contributed by atoms with Crippen molar-refractivity contribution in [2.24, 2.45) is 0 Å². The van der Waals surface area contributed by atoms with Crippen LogP contribution in [0, 0.1) is 0 Å². The number of thiol groups is 1. The molecule has 0 aliphatic rings. The lowest BCUT2D eigenvalue weighted by Crippen LogP contribution is -2.10. The first-order valence-corrected chi connectivity index (χ1v) is 3.52. The second-order valence-corrected chi connectivity index (χ2v) is 2.77. The molecule has 0 bridgehead atoms. The summed E-state index contributed by atoms with van der Waals surface area (Å²) in [5.74, 6) is -0.157. The van der Waals surface area contributed by atoms with Gasteiger partial charge in [-0.15, -0.1) is 0 Å². The highest BCUT2D eigenvalue weighted by atomic mass is 32.1. The Balaban J connectivity index is 3.17. The van der Waals surface area contributed by atoms with Gasteiger partial charge in [0.25, 0.3) is 0 Å². The van der Waals surface area contributed by atoms with Gasteiger partial charge in [-0.05, 0) is 0 Å². The molecule has 0 aromatic carbocycles. The van der Waals surface area contributed by atoms with Crippen molar-refractivity contribution in [2.45, 2.75) is 25.5 Å². The zero-order valence-corrected chi connectivity index (χ0v) is 6.65. The van der Waals surface area contributed by atoms with Gasteiger partial charge in [0.05, 0.1) is 0 Å². The van der Waals surface area contributed by atoms with Gasteiger partial charge >= 0.3 is 5.97 Å². The van der Waals surface area contributed by atoms with E-state index < -0.39 is 0 Å². The van der Waals surface area contributed by atoms with Gasteiger partial charge in [0.1, 0.15) is 6.61 Å². The van der Waals surface area contributed by atoms with Gasteiger partial charge in [-0.1, -0.05) is 13.8 Å². The van der Waals surface area contributed by atoms with Crippen LogP contribution in [0.2, 0.25) is 0 Å². The van der Waals surface area contributed by atoms with Crippen molar-refractivity contribution in [3.05, 3.63) is 0 Å². The predicted octanol–water partition coefficient (Wildman–Crippen LogP) is 1.26. The minimum Gasteiger partial charge on any atom is -0.465 e. The van der Waals surface area contributed by atoms with Gasteiger partial charge in [-0.3, -0.25) is 4.79 Å². The highest BCUT2D eigenvalue weighted by Crippen LogP contribution is 1.94. The minimum atomic E-state index is -0.157. The van der Waals surface area contributed by atoms with E-state index in [2.05, 4.69) is 12.6 Å². The van der Waals surface area contributed by atoms with Crippen molar-refractivity contribution in [3.63, 3.8) is 0 Å². The Bertz CT molecular complexity index is 91.1. The Labute approximate surface area is 61.0 Å². The van der Waals surface area contributed by atoms with Crippen LogP contribution in [0.15, 0.2) is 0 Å². The van der Waals surface area contributed by atoms with E-state index >= 15 is 0 Å². The Hall–Kier alpha value is -0.180. The molecule has 0 saturated carbocycles. The first-order chi connectivity index (χ1) is 4.16. The van der Waals surface area contributed by atoms with Gasteiger partial charge < -0.3 is 4.74 Å². The van der Waals surface area contributed by atoms with Gasteiger partial charge in [-0.2, -0.15) is 12.6 Å². The van der Waals surface area contributed by atoms with E-state index in [1.807, 2.05) is 6.92 Å². The first kappa shape index (κ1) is 8.82. The molecule has 0 amide bonds. The Morgan fingerprint density at radius 2 is 2.33 bits per heavy atom. The summed E-state index contributed by atoms with van der Waals surface area (Å²) >= 11 is 4.03. The fourth-order valence-electron chi connectivity index (χ4n) is 0.316. The molecule has 0 aromatic rings. The van der Waals surface area contributed by atoms with Crippen LogP contribution in [0.3, 0.4) is 0 Å². The molecule has 0 N–H and O–H groups in total. The SMILES string of the molecule is CCC(=O)OCC(C)S. The Morgan fingerprint density at radius 3 is 2.67 bits per heavy atom. The van der Waals surface area contributed by atoms with Crippen LogP contribution in [0.25, 0.3) is 0 Å². The molecule has 9 heavy (non-hydrogen) atoms. The summed E-state index contributed by atoms with van der Waals surface area (Å²) in [7, 11) is 0. The van der Waals surface area contributed by atoms with Crippen molar-refractivity contribution in [3.8, 4) is 0 Å². The fourth-order valence-corrected chi connectivity index (χ4v) is 0.390. The van der Waals surface area contributed by atoms with Gasteiger partial charge in [0.15, 0.2) is 0 Å². The molecule has 0 rings (SSSR count). The highest BCUT2D eigenvalue weighted by Gasteiger charge is 1.99. The highest BCUT2D eigenvalue weighted by molar-refractivity contribution is 7.80.